The number of fused-ring (bicyclic) bond motifs is 1. The lowest BCUT2D eigenvalue weighted by Gasteiger charge is -2.09. The quantitative estimate of drug-likeness (QED) is 0.498. The Morgan fingerprint density at radius 3 is 2.71 bits per heavy atom. The van der Waals surface area contributed by atoms with Crippen LogP contribution in [0.4, 0.5) is 4.39 Å². The van der Waals surface area contributed by atoms with Crippen molar-refractivity contribution in [2.45, 2.75) is 42.8 Å². The second-order valence-electron chi connectivity index (χ2n) is 5.25. The zero-order valence-electron chi connectivity index (χ0n) is 11.7. The molecular weight excluding hydrogens is 303 g/mol. The van der Waals surface area contributed by atoms with Gasteiger partial charge in [0.25, 0.3) is 0 Å². The molecule has 0 radical (unpaired) electrons. The van der Waals surface area contributed by atoms with E-state index in [-0.39, 0.29) is 5.82 Å². The summed E-state index contributed by atoms with van der Waals surface area (Å²) in [6.07, 6.45) is 5.79. The van der Waals surface area contributed by atoms with Gasteiger partial charge in [0.15, 0.2) is 0 Å². The maximum Gasteiger partial charge on any atom is 0.133 e. The van der Waals surface area contributed by atoms with Gasteiger partial charge in [0.2, 0.25) is 0 Å². The van der Waals surface area contributed by atoms with E-state index in [1.807, 2.05) is 0 Å². The van der Waals surface area contributed by atoms with E-state index in [9.17, 15) is 4.39 Å². The van der Waals surface area contributed by atoms with E-state index in [1.54, 1.807) is 23.9 Å². The molecule has 1 aliphatic rings. The highest BCUT2D eigenvalue weighted by molar-refractivity contribution is 7.98. The Balaban J connectivity index is 1.77. The minimum atomic E-state index is -0.207. The fraction of sp³-hybridized carbons (Fsp3) is 0.375. The highest BCUT2D eigenvalue weighted by atomic mass is 32.2. The molecule has 2 nitrogen and oxygen atoms in total. The standard InChI is InChI=1S/C16H17FN2S2/c17-11-6-8-12(9-7-11)21-10-15-18-14-5-3-1-2-4-13(14)16(20)19-15/h6-9H,1-5,10H2,(H,18,19,20). The number of aryl methyl sites for hydroxylation is 1. The molecule has 2 aromatic rings. The molecule has 0 bridgehead atoms. The molecule has 0 saturated heterocycles. The van der Waals surface area contributed by atoms with Crippen molar-refractivity contribution in [3.05, 3.63) is 51.8 Å². The normalized spacial score (nSPS) is 14.5. The fourth-order valence-electron chi connectivity index (χ4n) is 2.60. The van der Waals surface area contributed by atoms with Crippen molar-refractivity contribution < 1.29 is 4.39 Å². The third-order valence-corrected chi connectivity index (χ3v) is 5.06. The van der Waals surface area contributed by atoms with Crippen LogP contribution in [0, 0.1) is 10.5 Å². The smallest absolute Gasteiger partial charge is 0.133 e. The highest BCUT2D eigenvalue weighted by Gasteiger charge is 2.12. The number of H-pyrrole nitrogens is 1. The molecule has 21 heavy (non-hydrogen) atoms. The van der Waals surface area contributed by atoms with Gasteiger partial charge in [-0.1, -0.05) is 18.6 Å². The molecule has 5 heteroatoms. The predicted octanol–water partition coefficient (Wildman–Crippen LogP) is 4.84. The van der Waals surface area contributed by atoms with Crippen molar-refractivity contribution >= 4 is 24.0 Å². The fourth-order valence-corrected chi connectivity index (χ4v) is 3.70. The predicted molar refractivity (Wildman–Crippen MR) is 86.6 cm³/mol. The first-order valence-electron chi connectivity index (χ1n) is 7.22. The summed E-state index contributed by atoms with van der Waals surface area (Å²) in [5, 5.41) is 0. The lowest BCUT2D eigenvalue weighted by atomic mass is 10.1. The van der Waals surface area contributed by atoms with Gasteiger partial charge in [-0.25, -0.2) is 9.37 Å². The summed E-state index contributed by atoms with van der Waals surface area (Å²) >= 11 is 7.08. The summed E-state index contributed by atoms with van der Waals surface area (Å²) in [5.41, 5.74) is 2.50. The Bertz CT molecular complexity index is 680. The van der Waals surface area contributed by atoms with E-state index >= 15 is 0 Å². The maximum absolute atomic E-state index is 12.9. The number of hydrogen-bond donors (Lipinski definition) is 1. The van der Waals surface area contributed by atoms with Crippen LogP contribution in [0.5, 0.6) is 0 Å². The third-order valence-electron chi connectivity index (χ3n) is 3.70. The molecule has 1 aliphatic carbocycles. The van der Waals surface area contributed by atoms with Gasteiger partial charge < -0.3 is 4.98 Å². The minimum Gasteiger partial charge on any atom is -0.346 e. The Morgan fingerprint density at radius 2 is 1.90 bits per heavy atom. The largest absolute Gasteiger partial charge is 0.346 e. The lowest BCUT2D eigenvalue weighted by Crippen LogP contribution is -2.03. The summed E-state index contributed by atoms with van der Waals surface area (Å²) in [7, 11) is 0. The molecule has 1 aromatic carbocycles. The molecule has 0 amide bonds. The summed E-state index contributed by atoms with van der Waals surface area (Å²) < 4.78 is 13.6. The third kappa shape index (κ3) is 3.71. The van der Waals surface area contributed by atoms with E-state index in [0.717, 1.165) is 34.0 Å². The number of aromatic nitrogens is 2. The summed E-state index contributed by atoms with van der Waals surface area (Å²) in [6, 6.07) is 6.54. The van der Waals surface area contributed by atoms with Crippen molar-refractivity contribution in [1.82, 2.24) is 9.97 Å². The van der Waals surface area contributed by atoms with Crippen LogP contribution in [0.25, 0.3) is 0 Å². The highest BCUT2D eigenvalue weighted by Crippen LogP contribution is 2.24. The van der Waals surface area contributed by atoms with Crippen molar-refractivity contribution in [3.63, 3.8) is 0 Å². The van der Waals surface area contributed by atoms with Gasteiger partial charge in [-0.05, 0) is 49.9 Å². The van der Waals surface area contributed by atoms with E-state index < -0.39 is 0 Å². The monoisotopic (exact) mass is 320 g/mol. The van der Waals surface area contributed by atoms with Crippen LogP contribution in [0.3, 0.4) is 0 Å². The van der Waals surface area contributed by atoms with Gasteiger partial charge in [0, 0.05) is 16.2 Å². The SMILES string of the molecule is Fc1ccc(SCc2nc(=S)c3c([nH]2)CCCCC3)cc1. The van der Waals surface area contributed by atoms with Gasteiger partial charge in [-0.2, -0.15) is 0 Å². The van der Waals surface area contributed by atoms with Crippen molar-refractivity contribution in [1.29, 1.82) is 0 Å². The molecule has 0 unspecified atom stereocenters. The van der Waals surface area contributed by atoms with Crippen LogP contribution in [-0.4, -0.2) is 9.97 Å². The van der Waals surface area contributed by atoms with Gasteiger partial charge in [-0.3, -0.25) is 0 Å². The molecule has 1 N–H and O–H groups in total. The van der Waals surface area contributed by atoms with Gasteiger partial charge in [0.05, 0.1) is 5.75 Å². The summed E-state index contributed by atoms with van der Waals surface area (Å²) in [4.78, 5) is 9.01. The number of nitrogens with one attached hydrogen (secondary N) is 1. The van der Waals surface area contributed by atoms with Crippen LogP contribution in [-0.2, 0) is 18.6 Å². The first-order chi connectivity index (χ1) is 10.2. The number of thioether (sulfide) groups is 1. The number of nitrogens with zero attached hydrogens (tertiary/aromatic N) is 1. The number of hydrogen-bond acceptors (Lipinski definition) is 3. The molecule has 0 aliphatic heterocycles. The Labute approximate surface area is 133 Å². The topological polar surface area (TPSA) is 28.7 Å². The van der Waals surface area contributed by atoms with E-state index in [2.05, 4.69) is 9.97 Å². The average molecular weight is 320 g/mol. The molecular formula is C16H17FN2S2. The van der Waals surface area contributed by atoms with Crippen LogP contribution >= 0.6 is 24.0 Å². The Hall–Kier alpha value is -1.20. The molecule has 0 fully saturated rings. The Morgan fingerprint density at radius 1 is 1.14 bits per heavy atom. The molecule has 1 heterocycles. The van der Waals surface area contributed by atoms with Crippen LogP contribution in [0.15, 0.2) is 29.2 Å². The number of benzene rings is 1. The molecule has 0 saturated carbocycles. The summed E-state index contributed by atoms with van der Waals surface area (Å²) in [6.45, 7) is 0. The zero-order valence-corrected chi connectivity index (χ0v) is 13.3. The molecule has 3 rings (SSSR count). The van der Waals surface area contributed by atoms with Crippen molar-refractivity contribution in [2.75, 3.05) is 0 Å². The first kappa shape index (κ1) is 14.7. The molecule has 110 valence electrons. The van der Waals surface area contributed by atoms with Crippen molar-refractivity contribution in [3.8, 4) is 0 Å². The van der Waals surface area contributed by atoms with Gasteiger partial charge in [-0.15, -0.1) is 11.8 Å². The Kier molecular flexibility index (Phi) is 4.70. The van der Waals surface area contributed by atoms with Crippen LogP contribution < -0.4 is 0 Å². The van der Waals surface area contributed by atoms with E-state index in [4.69, 9.17) is 12.2 Å². The number of rotatable bonds is 3. The van der Waals surface area contributed by atoms with E-state index in [1.165, 1.54) is 42.7 Å². The van der Waals surface area contributed by atoms with Crippen LogP contribution in [0.2, 0.25) is 0 Å². The zero-order chi connectivity index (χ0) is 14.7. The van der Waals surface area contributed by atoms with Crippen LogP contribution in [0.1, 0.15) is 36.3 Å². The lowest BCUT2D eigenvalue weighted by molar-refractivity contribution is 0.626. The molecule has 0 atom stereocenters. The second kappa shape index (κ2) is 6.71. The molecule has 1 aromatic heterocycles. The average Bonchev–Trinajstić information content (AvgIpc) is 2.72. The van der Waals surface area contributed by atoms with Crippen molar-refractivity contribution in [2.24, 2.45) is 0 Å². The van der Waals surface area contributed by atoms with Gasteiger partial charge in [0.1, 0.15) is 16.3 Å². The number of aromatic amines is 1. The first-order valence-corrected chi connectivity index (χ1v) is 8.61. The maximum atomic E-state index is 12.9. The minimum absolute atomic E-state index is 0.207. The second-order valence-corrected chi connectivity index (χ2v) is 6.68. The van der Waals surface area contributed by atoms with Gasteiger partial charge >= 0.3 is 0 Å². The number of halogens is 1. The molecule has 0 spiro atoms. The summed E-state index contributed by atoms with van der Waals surface area (Å²) in [5.74, 6) is 1.43. The van der Waals surface area contributed by atoms with E-state index in [0.29, 0.717) is 0 Å².